The Morgan fingerprint density at radius 3 is 1.55 bits per heavy atom. The number of phosphoric acid groups is 1. The Hall–Kier alpha value is -1.36. The van der Waals surface area contributed by atoms with E-state index in [2.05, 4.69) is 28.5 Å². The molecule has 4 bridgehead atoms. The third kappa shape index (κ3) is 0.579. The lowest BCUT2D eigenvalue weighted by atomic mass is 10.9. The minimum Gasteiger partial charge on any atom is -0.349 e. The van der Waals surface area contributed by atoms with Crippen molar-refractivity contribution in [3.63, 3.8) is 0 Å². The number of phosphoric ester groups is 1. The Morgan fingerprint density at radius 2 is 1.27 bits per heavy atom. The van der Waals surface area contributed by atoms with Gasteiger partial charge in [-0.05, 0) is 0 Å². The van der Waals surface area contributed by atoms with Crippen LogP contribution in [-0.4, -0.2) is 15.0 Å². The molecular formula is C3N3O4P. The second-order valence-electron chi connectivity index (χ2n) is 1.90. The monoisotopic (exact) mass is 173 g/mol. The molecular weight excluding hydrogens is 173 g/mol. The van der Waals surface area contributed by atoms with Crippen LogP contribution in [0.15, 0.2) is 0 Å². The number of rotatable bonds is 0. The van der Waals surface area contributed by atoms with Crippen LogP contribution in [0.5, 0.6) is 18.0 Å². The average Bonchev–Trinajstić information content (AvgIpc) is 1.79. The molecule has 4 heterocycles. The number of aromatic nitrogens is 3. The Bertz CT molecular complexity index is 323. The van der Waals surface area contributed by atoms with E-state index in [4.69, 9.17) is 0 Å². The fraction of sp³-hybridized carbons (Fsp3) is 0. The first kappa shape index (κ1) is 5.31. The molecule has 3 aliphatic rings. The molecule has 1 aromatic heterocycles. The molecule has 0 atom stereocenters. The van der Waals surface area contributed by atoms with Crippen LogP contribution in [0.1, 0.15) is 0 Å². The predicted octanol–water partition coefficient (Wildman–Crippen LogP) is 0.143. The van der Waals surface area contributed by atoms with Crippen LogP contribution in [-0.2, 0) is 4.57 Å². The maximum atomic E-state index is 11.2. The van der Waals surface area contributed by atoms with Gasteiger partial charge in [0.1, 0.15) is 0 Å². The second-order valence-corrected chi connectivity index (χ2v) is 3.35. The van der Waals surface area contributed by atoms with Gasteiger partial charge in [-0.25, -0.2) is 0 Å². The van der Waals surface area contributed by atoms with Gasteiger partial charge in [-0.15, -0.1) is 15.0 Å². The molecule has 0 saturated heterocycles. The number of hydrogen-bond acceptors (Lipinski definition) is 7. The topological polar surface area (TPSA) is 83.4 Å². The van der Waals surface area contributed by atoms with E-state index < -0.39 is 7.82 Å². The van der Waals surface area contributed by atoms with E-state index in [1.165, 1.54) is 0 Å². The summed E-state index contributed by atoms with van der Waals surface area (Å²) < 4.78 is 25.0. The van der Waals surface area contributed by atoms with Gasteiger partial charge in [0.05, 0.1) is 0 Å². The Kier molecular flexibility index (Phi) is 0.631. The van der Waals surface area contributed by atoms with Crippen LogP contribution in [0.4, 0.5) is 0 Å². The van der Waals surface area contributed by atoms with Crippen LogP contribution in [0, 0.1) is 0 Å². The molecule has 0 fully saturated rings. The lowest BCUT2D eigenvalue weighted by molar-refractivity contribution is 0.218. The summed E-state index contributed by atoms with van der Waals surface area (Å²) in [6, 6.07) is -0.0255. The van der Waals surface area contributed by atoms with Crippen molar-refractivity contribution < 1.29 is 18.1 Å². The van der Waals surface area contributed by atoms with Crippen molar-refractivity contribution in [2.75, 3.05) is 0 Å². The van der Waals surface area contributed by atoms with E-state index in [9.17, 15) is 4.57 Å². The van der Waals surface area contributed by atoms with E-state index >= 15 is 0 Å². The SMILES string of the molecule is O=P12Oc3nc(nc(n3)O1)O2. The summed E-state index contributed by atoms with van der Waals surface area (Å²) in [5, 5.41) is 0. The van der Waals surface area contributed by atoms with Crippen LogP contribution in [0.2, 0.25) is 0 Å². The standard InChI is InChI=1S/C3N3O4P/c7-11-8-1-4-2(9-11)6-3(5-1)10-11. The first-order valence-electron chi connectivity index (χ1n) is 2.68. The van der Waals surface area contributed by atoms with Gasteiger partial charge < -0.3 is 13.6 Å². The van der Waals surface area contributed by atoms with E-state index in [1.54, 1.807) is 0 Å². The Labute approximate surface area is 60.0 Å². The normalized spacial score (nSPS) is 20.4. The molecule has 4 rings (SSSR count). The zero-order valence-corrected chi connectivity index (χ0v) is 5.82. The van der Waals surface area contributed by atoms with E-state index in [1.807, 2.05) is 0 Å². The highest BCUT2D eigenvalue weighted by Crippen LogP contribution is 2.54. The quantitative estimate of drug-likeness (QED) is 0.516. The smallest absolute Gasteiger partial charge is 0.349 e. The molecule has 0 amide bonds. The second kappa shape index (κ2) is 1.31. The van der Waals surface area contributed by atoms with E-state index in [-0.39, 0.29) is 18.0 Å². The molecule has 0 N–H and O–H groups in total. The highest BCUT2D eigenvalue weighted by Gasteiger charge is 2.45. The summed E-state index contributed by atoms with van der Waals surface area (Å²) in [5.74, 6) is 0. The maximum Gasteiger partial charge on any atom is 0.654 e. The molecule has 0 saturated carbocycles. The fourth-order valence-electron chi connectivity index (χ4n) is 0.799. The van der Waals surface area contributed by atoms with Gasteiger partial charge in [0.15, 0.2) is 0 Å². The van der Waals surface area contributed by atoms with E-state index in [0.717, 1.165) is 0 Å². The molecule has 0 spiro atoms. The molecule has 0 aliphatic carbocycles. The van der Waals surface area contributed by atoms with E-state index in [0.29, 0.717) is 0 Å². The maximum absolute atomic E-state index is 11.2. The molecule has 0 aromatic carbocycles. The van der Waals surface area contributed by atoms with Crippen molar-refractivity contribution >= 4 is 7.82 Å². The van der Waals surface area contributed by atoms with Crippen molar-refractivity contribution in [3.8, 4) is 18.0 Å². The van der Waals surface area contributed by atoms with Gasteiger partial charge >= 0.3 is 25.9 Å². The van der Waals surface area contributed by atoms with Crippen molar-refractivity contribution in [1.29, 1.82) is 0 Å². The Morgan fingerprint density at radius 1 is 0.909 bits per heavy atom. The van der Waals surface area contributed by atoms with Gasteiger partial charge in [0.2, 0.25) is 0 Å². The Balaban J connectivity index is 2.41. The molecule has 11 heavy (non-hydrogen) atoms. The van der Waals surface area contributed by atoms with Crippen LogP contribution in [0.3, 0.4) is 0 Å². The number of hydrogen-bond donors (Lipinski definition) is 0. The fourth-order valence-corrected chi connectivity index (χ4v) is 1.76. The van der Waals surface area contributed by atoms with Crippen molar-refractivity contribution in [2.24, 2.45) is 0 Å². The lowest BCUT2D eigenvalue weighted by Crippen LogP contribution is -2.21. The van der Waals surface area contributed by atoms with Gasteiger partial charge in [-0.2, -0.15) is 4.57 Å². The molecule has 3 aliphatic heterocycles. The largest absolute Gasteiger partial charge is 0.654 e. The summed E-state index contributed by atoms with van der Waals surface area (Å²) in [6.07, 6.45) is 0. The highest BCUT2D eigenvalue weighted by atomic mass is 31.2. The minimum atomic E-state index is -3.46. The minimum absolute atomic E-state index is 0.00849. The third-order valence-corrected chi connectivity index (χ3v) is 2.31. The summed E-state index contributed by atoms with van der Waals surface area (Å²) >= 11 is 0. The molecule has 7 nitrogen and oxygen atoms in total. The zero-order chi connectivity index (χ0) is 7.47. The van der Waals surface area contributed by atoms with Crippen molar-refractivity contribution in [3.05, 3.63) is 0 Å². The van der Waals surface area contributed by atoms with Gasteiger partial charge in [0.25, 0.3) is 0 Å². The summed E-state index contributed by atoms with van der Waals surface area (Å²) in [5.41, 5.74) is 0. The number of nitrogens with zero attached hydrogens (tertiary/aromatic N) is 3. The molecule has 56 valence electrons. The zero-order valence-electron chi connectivity index (χ0n) is 4.92. The summed E-state index contributed by atoms with van der Waals surface area (Å²) in [7, 11) is -3.46. The van der Waals surface area contributed by atoms with Crippen molar-refractivity contribution in [2.45, 2.75) is 0 Å². The molecule has 0 radical (unpaired) electrons. The lowest BCUT2D eigenvalue weighted by Gasteiger charge is -2.24. The predicted molar refractivity (Wildman–Crippen MR) is 29.3 cm³/mol. The highest BCUT2D eigenvalue weighted by molar-refractivity contribution is 7.49. The van der Waals surface area contributed by atoms with Crippen molar-refractivity contribution in [1.82, 2.24) is 15.0 Å². The first-order chi connectivity index (χ1) is 5.23. The molecule has 1 aromatic rings. The van der Waals surface area contributed by atoms with Gasteiger partial charge in [0, 0.05) is 0 Å². The van der Waals surface area contributed by atoms with Crippen LogP contribution in [0.25, 0.3) is 0 Å². The van der Waals surface area contributed by atoms with Crippen LogP contribution >= 0.6 is 7.82 Å². The molecule has 8 heteroatoms. The van der Waals surface area contributed by atoms with Crippen LogP contribution < -0.4 is 13.6 Å². The first-order valence-corrected chi connectivity index (χ1v) is 4.14. The van der Waals surface area contributed by atoms with Gasteiger partial charge in [-0.3, -0.25) is 0 Å². The summed E-state index contributed by atoms with van der Waals surface area (Å²) in [6.45, 7) is 0. The average molecular weight is 173 g/mol. The molecule has 0 unspecified atom stereocenters. The van der Waals surface area contributed by atoms with Gasteiger partial charge in [-0.1, -0.05) is 0 Å². The summed E-state index contributed by atoms with van der Waals surface area (Å²) in [4.78, 5) is 10.8. The third-order valence-electron chi connectivity index (χ3n) is 1.15.